The molecule has 3 N–H and O–H groups in total. The SMILES string of the molecule is C#C[C@H](C)Oc1cnc(C(=O)Nc2cc(F)c(F)c([C@@]3(C)N=C(N)S[C@@]4(C(F)F)CC43)c2)c(C)n1. The highest BCUT2D eigenvalue weighted by Gasteiger charge is 2.71. The zero-order valence-electron chi connectivity index (χ0n) is 18.9. The molecule has 184 valence electrons. The topological polar surface area (TPSA) is 102 Å². The lowest BCUT2D eigenvalue weighted by Gasteiger charge is -2.34. The van der Waals surface area contributed by atoms with Crippen molar-refractivity contribution in [1.29, 1.82) is 0 Å². The number of fused-ring (bicyclic) bond motifs is 1. The van der Waals surface area contributed by atoms with Gasteiger partial charge in [-0.25, -0.2) is 27.5 Å². The van der Waals surface area contributed by atoms with Crippen molar-refractivity contribution in [3.05, 3.63) is 46.9 Å². The number of amidine groups is 1. The van der Waals surface area contributed by atoms with Crippen molar-refractivity contribution in [3.8, 4) is 18.2 Å². The van der Waals surface area contributed by atoms with Crippen LogP contribution in [-0.4, -0.2) is 38.3 Å². The zero-order valence-corrected chi connectivity index (χ0v) is 19.7. The number of hydrogen-bond acceptors (Lipinski definition) is 7. The third kappa shape index (κ3) is 4.29. The van der Waals surface area contributed by atoms with Crippen molar-refractivity contribution < 1.29 is 27.1 Å². The molecule has 1 unspecified atom stereocenters. The number of aromatic nitrogens is 2. The molecule has 1 saturated carbocycles. The van der Waals surface area contributed by atoms with Crippen molar-refractivity contribution in [1.82, 2.24) is 9.97 Å². The Hall–Kier alpha value is -3.33. The fraction of sp³-hybridized carbons (Fsp3) is 0.391. The smallest absolute Gasteiger partial charge is 0.276 e. The number of terminal acetylenes is 1. The highest BCUT2D eigenvalue weighted by atomic mass is 32.2. The second kappa shape index (κ2) is 8.71. The van der Waals surface area contributed by atoms with E-state index >= 15 is 0 Å². The summed E-state index contributed by atoms with van der Waals surface area (Å²) in [5.74, 6) is -1.55. The lowest BCUT2D eigenvalue weighted by Crippen LogP contribution is -2.39. The molecule has 0 bridgehead atoms. The first kappa shape index (κ1) is 24.8. The molecule has 1 amide bonds. The Morgan fingerprint density at radius 1 is 1.40 bits per heavy atom. The number of ether oxygens (including phenoxy) is 1. The summed E-state index contributed by atoms with van der Waals surface area (Å²) in [6.07, 6.45) is 3.23. The average Bonchev–Trinajstić information content (AvgIpc) is 3.53. The molecule has 4 rings (SSSR count). The number of benzene rings is 1. The van der Waals surface area contributed by atoms with Crippen LogP contribution in [0.25, 0.3) is 0 Å². The number of nitrogens with zero attached hydrogens (tertiary/aromatic N) is 3. The Bertz CT molecular complexity index is 1280. The fourth-order valence-electron chi connectivity index (χ4n) is 4.28. The first-order chi connectivity index (χ1) is 16.4. The highest BCUT2D eigenvalue weighted by molar-refractivity contribution is 8.15. The summed E-state index contributed by atoms with van der Waals surface area (Å²) in [6.45, 7) is 4.58. The Morgan fingerprint density at radius 2 is 2.11 bits per heavy atom. The van der Waals surface area contributed by atoms with Crippen molar-refractivity contribution >= 4 is 28.5 Å². The molecule has 12 heteroatoms. The summed E-state index contributed by atoms with van der Waals surface area (Å²) in [7, 11) is 0. The predicted octanol–water partition coefficient (Wildman–Crippen LogP) is 4.02. The predicted molar refractivity (Wildman–Crippen MR) is 123 cm³/mol. The van der Waals surface area contributed by atoms with Crippen LogP contribution >= 0.6 is 11.8 Å². The third-order valence-corrected chi connectivity index (χ3v) is 7.45. The number of anilines is 1. The molecule has 0 saturated heterocycles. The third-order valence-electron chi connectivity index (χ3n) is 6.14. The molecule has 2 aliphatic rings. The van der Waals surface area contributed by atoms with Crippen LogP contribution in [0.15, 0.2) is 23.3 Å². The zero-order chi connectivity index (χ0) is 25.7. The summed E-state index contributed by atoms with van der Waals surface area (Å²) < 4.78 is 60.9. The molecule has 1 aliphatic carbocycles. The van der Waals surface area contributed by atoms with E-state index in [1.807, 2.05) is 0 Å². The second-order valence-electron chi connectivity index (χ2n) is 8.55. The molecule has 1 aliphatic heterocycles. The van der Waals surface area contributed by atoms with E-state index < -0.39 is 46.3 Å². The normalized spacial score (nSPS) is 25.8. The average molecular weight is 508 g/mol. The molecular weight excluding hydrogens is 486 g/mol. The molecule has 35 heavy (non-hydrogen) atoms. The summed E-state index contributed by atoms with van der Waals surface area (Å²) in [4.78, 5) is 25.2. The first-order valence-electron chi connectivity index (χ1n) is 10.5. The number of thioether (sulfide) groups is 1. The molecule has 1 fully saturated rings. The number of carbonyl (C=O) groups excluding carboxylic acids is 1. The lowest BCUT2D eigenvalue weighted by molar-refractivity contribution is 0.102. The van der Waals surface area contributed by atoms with Gasteiger partial charge in [0.15, 0.2) is 22.9 Å². The Labute approximate surface area is 203 Å². The minimum atomic E-state index is -2.72. The van der Waals surface area contributed by atoms with Crippen molar-refractivity contribution in [2.24, 2.45) is 16.6 Å². The Balaban J connectivity index is 1.64. The molecule has 2 aromatic rings. The van der Waals surface area contributed by atoms with Crippen LogP contribution in [0.2, 0.25) is 0 Å². The van der Waals surface area contributed by atoms with E-state index in [-0.39, 0.29) is 40.1 Å². The molecule has 0 radical (unpaired) electrons. The number of alkyl halides is 2. The van der Waals surface area contributed by atoms with E-state index in [2.05, 4.69) is 26.2 Å². The monoisotopic (exact) mass is 507 g/mol. The largest absolute Gasteiger partial charge is 0.460 e. The molecule has 7 nitrogen and oxygen atoms in total. The number of hydrogen-bond donors (Lipinski definition) is 2. The lowest BCUT2D eigenvalue weighted by atomic mass is 9.85. The van der Waals surface area contributed by atoms with Gasteiger partial charge in [0.25, 0.3) is 12.3 Å². The minimum absolute atomic E-state index is 0.0369. The molecular formula is C23H21F4N5O2S. The minimum Gasteiger partial charge on any atom is -0.460 e. The van der Waals surface area contributed by atoms with Crippen LogP contribution < -0.4 is 15.8 Å². The van der Waals surface area contributed by atoms with Gasteiger partial charge in [-0.1, -0.05) is 17.7 Å². The van der Waals surface area contributed by atoms with Gasteiger partial charge in [0.2, 0.25) is 5.88 Å². The van der Waals surface area contributed by atoms with Gasteiger partial charge in [0, 0.05) is 23.2 Å². The Morgan fingerprint density at radius 3 is 2.74 bits per heavy atom. The van der Waals surface area contributed by atoms with E-state index in [9.17, 15) is 22.4 Å². The van der Waals surface area contributed by atoms with Crippen LogP contribution in [-0.2, 0) is 5.54 Å². The van der Waals surface area contributed by atoms with Crippen LogP contribution in [0.1, 0.15) is 42.0 Å². The molecule has 0 spiro atoms. The number of aliphatic imine (C=N–C) groups is 1. The first-order valence-corrected chi connectivity index (χ1v) is 11.3. The second-order valence-corrected chi connectivity index (χ2v) is 9.94. The van der Waals surface area contributed by atoms with Crippen LogP contribution in [0.5, 0.6) is 5.88 Å². The van der Waals surface area contributed by atoms with E-state index in [4.69, 9.17) is 16.9 Å². The van der Waals surface area contributed by atoms with Gasteiger partial charge >= 0.3 is 0 Å². The number of carbonyl (C=O) groups is 1. The van der Waals surface area contributed by atoms with E-state index in [1.165, 1.54) is 26.1 Å². The number of aryl methyl sites for hydroxylation is 1. The van der Waals surface area contributed by atoms with Crippen LogP contribution in [0, 0.1) is 36.8 Å². The molecule has 2 heterocycles. The van der Waals surface area contributed by atoms with E-state index in [0.717, 1.165) is 17.8 Å². The maximum Gasteiger partial charge on any atom is 0.276 e. The van der Waals surface area contributed by atoms with E-state index in [0.29, 0.717) is 0 Å². The van der Waals surface area contributed by atoms with Gasteiger partial charge in [-0.05, 0) is 33.3 Å². The van der Waals surface area contributed by atoms with Crippen molar-refractivity contribution in [2.45, 2.75) is 50.0 Å². The summed E-state index contributed by atoms with van der Waals surface area (Å²) in [5, 5.41) is 2.32. The number of nitrogens with one attached hydrogen (secondary N) is 1. The van der Waals surface area contributed by atoms with Gasteiger partial charge < -0.3 is 15.8 Å². The molecule has 1 aromatic carbocycles. The van der Waals surface area contributed by atoms with Gasteiger partial charge in [-0.15, -0.1) is 6.42 Å². The fourth-order valence-corrected chi connectivity index (χ4v) is 5.62. The van der Waals surface area contributed by atoms with Gasteiger partial charge in [-0.2, -0.15) is 0 Å². The van der Waals surface area contributed by atoms with Crippen LogP contribution in [0.3, 0.4) is 0 Å². The van der Waals surface area contributed by atoms with Crippen molar-refractivity contribution in [2.75, 3.05) is 5.32 Å². The van der Waals surface area contributed by atoms with Crippen molar-refractivity contribution in [3.63, 3.8) is 0 Å². The number of nitrogens with two attached hydrogens (primary N) is 1. The highest BCUT2D eigenvalue weighted by Crippen LogP contribution is 2.68. The summed E-state index contributed by atoms with van der Waals surface area (Å²) >= 11 is 0.753. The number of amides is 1. The van der Waals surface area contributed by atoms with Gasteiger partial charge in [-0.3, -0.25) is 9.79 Å². The van der Waals surface area contributed by atoms with E-state index in [1.54, 1.807) is 6.92 Å². The van der Waals surface area contributed by atoms with Crippen LogP contribution in [0.4, 0.5) is 23.2 Å². The molecule has 4 atom stereocenters. The maximum absolute atomic E-state index is 14.9. The van der Waals surface area contributed by atoms with Gasteiger partial charge in [0.1, 0.15) is 5.69 Å². The molecule has 1 aromatic heterocycles. The quantitative estimate of drug-likeness (QED) is 0.453. The van der Waals surface area contributed by atoms with Gasteiger partial charge in [0.05, 0.1) is 22.2 Å². The maximum atomic E-state index is 14.9. The summed E-state index contributed by atoms with van der Waals surface area (Å²) in [5.41, 5.74) is 3.99. The number of rotatable bonds is 6. The Kier molecular flexibility index (Phi) is 6.17. The number of halogens is 4. The standard InChI is InChI=1S/C23H21F4N5O2S/c1-5-10(2)34-16-9-29-18(11(3)30-16)19(33)31-12-6-13(17(25)14(24)7-12)22(4)15-8-23(15,20(26)27)35-21(28)32-22/h1,6-7,9-10,15,20H,8H2,2-4H3,(H2,28,32)(H,31,33)/t10-,15?,22+,23-/m0/s1. The summed E-state index contributed by atoms with van der Waals surface area (Å²) in [6, 6.07) is 1.96.